The minimum absolute atomic E-state index is 0.0114. The maximum Gasteiger partial charge on any atom is 0.354 e. The fourth-order valence-corrected chi connectivity index (χ4v) is 2.74. The number of anilines is 2. The highest BCUT2D eigenvalue weighted by molar-refractivity contribution is 5.99. The Hall–Kier alpha value is -2.54. The molecule has 1 aromatic rings. The lowest BCUT2D eigenvalue weighted by Crippen LogP contribution is -2.28. The smallest absolute Gasteiger partial charge is 0.354 e. The predicted octanol–water partition coefficient (Wildman–Crippen LogP) is 2.04. The van der Waals surface area contributed by atoms with Gasteiger partial charge in [0.2, 0.25) is 0 Å². The van der Waals surface area contributed by atoms with Crippen LogP contribution in [0.4, 0.5) is 11.4 Å². The van der Waals surface area contributed by atoms with E-state index in [4.69, 9.17) is 4.74 Å². The molecule has 0 unspecified atom stereocenters. The van der Waals surface area contributed by atoms with Gasteiger partial charge in [-0.05, 0) is 37.8 Å². The molecule has 7 nitrogen and oxygen atoms in total. The van der Waals surface area contributed by atoms with Crippen LogP contribution in [-0.4, -0.2) is 43.4 Å². The summed E-state index contributed by atoms with van der Waals surface area (Å²) in [7, 11) is 2.48. The molecule has 7 heteroatoms. The number of esters is 2. The molecule has 1 aromatic carbocycles. The lowest BCUT2D eigenvalue weighted by atomic mass is 9.93. The van der Waals surface area contributed by atoms with Crippen molar-refractivity contribution in [3.8, 4) is 0 Å². The molecule has 0 amide bonds. The van der Waals surface area contributed by atoms with Gasteiger partial charge in [0.05, 0.1) is 37.8 Å². The minimum Gasteiger partial charge on any atom is -0.466 e. The number of aliphatic hydroxyl groups is 1. The fourth-order valence-electron chi connectivity index (χ4n) is 2.74. The predicted molar refractivity (Wildman–Crippen MR) is 94.1 cm³/mol. The molecule has 1 fully saturated rings. The number of hydrogen-bond acceptors (Lipinski definition) is 7. The van der Waals surface area contributed by atoms with Gasteiger partial charge in [-0.3, -0.25) is 0 Å². The van der Waals surface area contributed by atoms with Crippen molar-refractivity contribution in [2.24, 2.45) is 0 Å². The van der Waals surface area contributed by atoms with Crippen molar-refractivity contribution in [3.63, 3.8) is 0 Å². The van der Waals surface area contributed by atoms with Crippen molar-refractivity contribution in [2.75, 3.05) is 24.9 Å². The van der Waals surface area contributed by atoms with Gasteiger partial charge in [-0.25, -0.2) is 9.59 Å². The monoisotopic (exact) mass is 348 g/mol. The van der Waals surface area contributed by atoms with E-state index in [1.807, 2.05) is 18.2 Å². The lowest BCUT2D eigenvalue weighted by Gasteiger charge is -2.28. The zero-order valence-electron chi connectivity index (χ0n) is 14.5. The van der Waals surface area contributed by atoms with Gasteiger partial charge in [0, 0.05) is 6.04 Å². The number of nitrogens with one attached hydrogen (secondary N) is 2. The Morgan fingerprint density at radius 2 is 1.72 bits per heavy atom. The number of rotatable bonds is 6. The van der Waals surface area contributed by atoms with Crippen LogP contribution in [0.1, 0.15) is 25.7 Å². The molecule has 0 atom stereocenters. The van der Waals surface area contributed by atoms with Gasteiger partial charge in [0.15, 0.2) is 0 Å². The molecule has 1 saturated carbocycles. The Kier molecular flexibility index (Phi) is 6.82. The van der Waals surface area contributed by atoms with Crippen molar-refractivity contribution in [1.82, 2.24) is 0 Å². The second-order valence-corrected chi connectivity index (χ2v) is 5.89. The van der Waals surface area contributed by atoms with Crippen molar-refractivity contribution < 1.29 is 24.2 Å². The summed E-state index contributed by atoms with van der Waals surface area (Å²) in [5.41, 5.74) is 1.44. The van der Waals surface area contributed by atoms with Crippen molar-refractivity contribution in [3.05, 3.63) is 36.0 Å². The Balaban J connectivity index is 2.16. The molecule has 25 heavy (non-hydrogen) atoms. The third kappa shape index (κ3) is 5.49. The standard InChI is InChI=1S/C18H24N2O5/c1-24-17(22)11-16(18(23)25-2)20-15-6-4-3-5-14(15)19-12-7-9-13(21)10-8-12/h3-6,11-13,19-21H,7-10H2,1-2H3/b16-11+. The van der Waals surface area contributed by atoms with Gasteiger partial charge in [0.25, 0.3) is 0 Å². The average molecular weight is 348 g/mol. The van der Waals surface area contributed by atoms with Crippen molar-refractivity contribution in [1.29, 1.82) is 0 Å². The largest absolute Gasteiger partial charge is 0.466 e. The summed E-state index contributed by atoms with van der Waals surface area (Å²) in [4.78, 5) is 23.4. The molecule has 0 heterocycles. The van der Waals surface area contributed by atoms with Crippen LogP contribution in [0.5, 0.6) is 0 Å². The maximum atomic E-state index is 11.9. The van der Waals surface area contributed by atoms with Gasteiger partial charge < -0.3 is 25.2 Å². The van der Waals surface area contributed by atoms with E-state index < -0.39 is 11.9 Å². The van der Waals surface area contributed by atoms with Crippen molar-refractivity contribution in [2.45, 2.75) is 37.8 Å². The zero-order chi connectivity index (χ0) is 18.2. The Morgan fingerprint density at radius 3 is 2.32 bits per heavy atom. The Labute approximate surface area is 147 Å². The number of aliphatic hydroxyl groups excluding tert-OH is 1. The molecule has 3 N–H and O–H groups in total. The lowest BCUT2D eigenvalue weighted by molar-refractivity contribution is -0.138. The zero-order valence-corrected chi connectivity index (χ0v) is 14.5. The van der Waals surface area contributed by atoms with Gasteiger partial charge in [-0.1, -0.05) is 12.1 Å². The maximum absolute atomic E-state index is 11.9. The SMILES string of the molecule is COC(=O)/C=C(/Nc1ccccc1NC1CCC(O)CC1)C(=O)OC. The molecule has 0 aliphatic heterocycles. The van der Waals surface area contributed by atoms with Gasteiger partial charge >= 0.3 is 11.9 Å². The number of methoxy groups -OCH3 is 2. The molecular formula is C18H24N2O5. The van der Waals surface area contributed by atoms with E-state index >= 15 is 0 Å². The van der Waals surface area contributed by atoms with Gasteiger partial charge in [-0.15, -0.1) is 0 Å². The minimum atomic E-state index is -0.666. The van der Waals surface area contributed by atoms with E-state index in [0.717, 1.165) is 37.4 Å². The number of carbonyl (C=O) groups is 2. The van der Waals surface area contributed by atoms with Crippen LogP contribution in [0.3, 0.4) is 0 Å². The van der Waals surface area contributed by atoms with Crippen LogP contribution >= 0.6 is 0 Å². The van der Waals surface area contributed by atoms with E-state index in [2.05, 4.69) is 15.4 Å². The van der Waals surface area contributed by atoms with Crippen LogP contribution in [-0.2, 0) is 19.1 Å². The second-order valence-electron chi connectivity index (χ2n) is 5.89. The summed E-state index contributed by atoms with van der Waals surface area (Å²) in [6, 6.07) is 7.64. The third-order valence-corrected chi connectivity index (χ3v) is 4.12. The summed E-state index contributed by atoms with van der Waals surface area (Å²) in [6.07, 6.45) is 4.11. The molecule has 2 rings (SSSR count). The van der Waals surface area contributed by atoms with Gasteiger partial charge in [-0.2, -0.15) is 0 Å². The first-order valence-electron chi connectivity index (χ1n) is 8.22. The quantitative estimate of drug-likeness (QED) is 0.535. The van der Waals surface area contributed by atoms with Crippen LogP contribution in [0, 0.1) is 0 Å². The summed E-state index contributed by atoms with van der Waals surface area (Å²) in [6.45, 7) is 0. The topological polar surface area (TPSA) is 96.9 Å². The molecule has 0 saturated heterocycles. The van der Waals surface area contributed by atoms with Crippen LogP contribution in [0.15, 0.2) is 36.0 Å². The highest BCUT2D eigenvalue weighted by atomic mass is 16.5. The molecule has 0 spiro atoms. The Bertz CT molecular complexity index is 636. The third-order valence-electron chi connectivity index (χ3n) is 4.12. The highest BCUT2D eigenvalue weighted by Crippen LogP contribution is 2.27. The second kappa shape index (κ2) is 9.08. The first-order valence-corrected chi connectivity index (χ1v) is 8.22. The summed E-state index contributed by atoms with van der Waals surface area (Å²) in [5.74, 6) is -1.32. The number of ether oxygens (including phenoxy) is 2. The first kappa shape index (κ1) is 18.8. The number of carbonyl (C=O) groups excluding carboxylic acids is 2. The van der Waals surface area contributed by atoms with E-state index in [-0.39, 0.29) is 17.8 Å². The first-order chi connectivity index (χ1) is 12.0. The van der Waals surface area contributed by atoms with Crippen LogP contribution in [0.2, 0.25) is 0 Å². The fraction of sp³-hybridized carbons (Fsp3) is 0.444. The van der Waals surface area contributed by atoms with E-state index in [9.17, 15) is 14.7 Å². The van der Waals surface area contributed by atoms with Crippen molar-refractivity contribution >= 4 is 23.3 Å². The molecule has 1 aliphatic rings. The summed E-state index contributed by atoms with van der Waals surface area (Å²) >= 11 is 0. The number of benzene rings is 1. The molecular weight excluding hydrogens is 324 g/mol. The molecule has 0 bridgehead atoms. The highest BCUT2D eigenvalue weighted by Gasteiger charge is 2.20. The summed E-state index contributed by atoms with van der Waals surface area (Å²) in [5, 5.41) is 16.0. The van der Waals surface area contributed by atoms with Crippen LogP contribution in [0.25, 0.3) is 0 Å². The number of hydrogen-bond donors (Lipinski definition) is 3. The molecule has 0 aromatic heterocycles. The normalized spacial score (nSPS) is 20.5. The van der Waals surface area contributed by atoms with E-state index in [1.54, 1.807) is 6.07 Å². The average Bonchev–Trinajstić information content (AvgIpc) is 2.63. The van der Waals surface area contributed by atoms with E-state index in [1.165, 1.54) is 14.2 Å². The molecule has 136 valence electrons. The Morgan fingerprint density at radius 1 is 1.08 bits per heavy atom. The summed E-state index contributed by atoms with van der Waals surface area (Å²) < 4.78 is 9.28. The number of para-hydroxylation sites is 2. The van der Waals surface area contributed by atoms with Crippen LogP contribution < -0.4 is 10.6 Å². The molecule has 1 aliphatic carbocycles. The molecule has 0 radical (unpaired) electrons. The van der Waals surface area contributed by atoms with E-state index in [0.29, 0.717) is 5.69 Å². The van der Waals surface area contributed by atoms with Gasteiger partial charge in [0.1, 0.15) is 5.70 Å².